The number of aromatic amines is 2. The van der Waals surface area contributed by atoms with E-state index in [1.54, 1.807) is 29.1 Å². The Bertz CT molecular complexity index is 2190. The Balaban J connectivity index is 1.15. The number of likely N-dealkylation sites (tertiary alicyclic amines) is 2. The van der Waals surface area contributed by atoms with Crippen LogP contribution in [0.3, 0.4) is 0 Å². The van der Waals surface area contributed by atoms with Crippen molar-refractivity contribution in [2.45, 2.75) is 75.2 Å². The summed E-state index contributed by atoms with van der Waals surface area (Å²) in [5.74, 6) is 0.773. The van der Waals surface area contributed by atoms with Crippen LogP contribution in [0.1, 0.15) is 64.3 Å². The van der Waals surface area contributed by atoms with Crippen LogP contribution in [0.15, 0.2) is 60.9 Å². The number of aromatic nitrogens is 4. The summed E-state index contributed by atoms with van der Waals surface area (Å²) in [6.45, 7) is 8.63. The maximum absolute atomic E-state index is 13.9. The molecule has 2 aliphatic heterocycles. The number of carbonyl (C=O) groups excluding carboxylic acids is 4. The molecule has 2 saturated heterocycles. The molecule has 6 rings (SSSR count). The van der Waals surface area contributed by atoms with Gasteiger partial charge in [0.05, 0.1) is 50.1 Å². The van der Waals surface area contributed by atoms with Gasteiger partial charge in [-0.3, -0.25) is 9.59 Å². The molecule has 0 spiro atoms. The lowest BCUT2D eigenvalue weighted by Crippen LogP contribution is -2.51. The number of methoxy groups -OCH3 is 2. The number of carbonyl (C=O) groups is 4. The molecule has 2 aromatic heterocycles. The number of H-pyrrole nitrogens is 2. The van der Waals surface area contributed by atoms with Gasteiger partial charge in [0.25, 0.3) is 0 Å². The van der Waals surface area contributed by atoms with Crippen molar-refractivity contribution < 1.29 is 28.7 Å². The summed E-state index contributed by atoms with van der Waals surface area (Å²) in [7, 11) is 2.16. The first kappa shape index (κ1) is 43.4. The molecule has 0 bridgehead atoms. The molecular weight excluding hydrogens is 789 g/mol. The first-order chi connectivity index (χ1) is 28.2. The molecule has 6 unspecified atom stereocenters. The van der Waals surface area contributed by atoms with Crippen LogP contribution in [0.5, 0.6) is 0 Å². The first-order valence-electron chi connectivity index (χ1n) is 19.8. The number of rotatable bonds is 12. The van der Waals surface area contributed by atoms with Crippen LogP contribution in [-0.4, -0.2) is 116 Å². The minimum Gasteiger partial charge on any atom is -0.456 e. The monoisotopic (exact) mass is 843 g/mol. The predicted molar refractivity (Wildman–Crippen MR) is 233 cm³/mol. The van der Waals surface area contributed by atoms with Crippen molar-refractivity contribution >= 4 is 46.1 Å². The molecule has 0 aliphatic carbocycles. The maximum atomic E-state index is 13.9. The number of hydrogen-bond acceptors (Lipinski definition) is 10. The molecule has 6 atom stereocenters. The third-order valence-electron chi connectivity index (χ3n) is 11.3. The number of alkyl carbamates (subject to hydrolysis) is 2. The van der Waals surface area contributed by atoms with Crippen molar-refractivity contribution in [3.63, 3.8) is 0 Å². The molecule has 4 N–H and O–H groups in total. The molecule has 0 radical (unpaired) electrons. The van der Waals surface area contributed by atoms with E-state index in [4.69, 9.17) is 25.1 Å². The molecule has 4 amide bonds. The largest absolute Gasteiger partial charge is 0.456 e. The van der Waals surface area contributed by atoms with Crippen LogP contribution in [0.4, 0.5) is 9.59 Å². The highest BCUT2D eigenvalue weighted by Gasteiger charge is 2.42. The SMILES string of the molecule is C#[S-](C)C1CC(c2ncc(-c3ccc(-c4ccc(-c5cnc(C6CC(SC)CN6C(=O)C(NC(=O)OC)C(C)C)[nH]5)cc4)cc3)[nH]2)N(C(=O)C(NC(=O)OC)C(C)C)C1. The van der Waals surface area contributed by atoms with Crippen molar-refractivity contribution in [2.24, 2.45) is 11.8 Å². The van der Waals surface area contributed by atoms with E-state index in [9.17, 15) is 19.2 Å². The molecule has 316 valence electrons. The van der Waals surface area contributed by atoms with E-state index in [2.05, 4.69) is 44.9 Å². The fourth-order valence-corrected chi connectivity index (χ4v) is 9.35. The summed E-state index contributed by atoms with van der Waals surface area (Å²) in [5.41, 5.74) is 12.0. The predicted octanol–water partition coefficient (Wildman–Crippen LogP) is 6.38. The Morgan fingerprint density at radius 1 is 0.729 bits per heavy atom. The summed E-state index contributed by atoms with van der Waals surface area (Å²) in [6.07, 6.45) is 7.75. The van der Waals surface area contributed by atoms with Crippen molar-refractivity contribution in [1.82, 2.24) is 40.4 Å². The number of nitrogens with one attached hydrogen (secondary N) is 4. The maximum Gasteiger partial charge on any atom is 0.407 e. The van der Waals surface area contributed by atoms with Crippen molar-refractivity contribution in [1.29, 1.82) is 0 Å². The zero-order valence-electron chi connectivity index (χ0n) is 34.9. The van der Waals surface area contributed by atoms with Gasteiger partial charge >= 0.3 is 12.2 Å². The highest BCUT2D eigenvalue weighted by molar-refractivity contribution is 7.99. The van der Waals surface area contributed by atoms with E-state index in [1.165, 1.54) is 14.2 Å². The molecule has 0 saturated carbocycles. The lowest BCUT2D eigenvalue weighted by Gasteiger charge is -2.30. The molecule has 2 aromatic carbocycles. The van der Waals surface area contributed by atoms with Gasteiger partial charge in [0.1, 0.15) is 23.7 Å². The Kier molecular flexibility index (Phi) is 13.8. The smallest absolute Gasteiger partial charge is 0.407 e. The Labute approximate surface area is 352 Å². The third kappa shape index (κ3) is 9.66. The molecule has 16 heteroatoms. The van der Waals surface area contributed by atoms with Crippen LogP contribution >= 0.6 is 11.8 Å². The summed E-state index contributed by atoms with van der Waals surface area (Å²) >= 11 is 1.72. The van der Waals surface area contributed by atoms with Crippen molar-refractivity contribution in [2.75, 3.05) is 39.8 Å². The van der Waals surface area contributed by atoms with Gasteiger partial charge in [-0.2, -0.15) is 11.8 Å². The molecule has 2 fully saturated rings. The van der Waals surface area contributed by atoms with Crippen LogP contribution < -0.4 is 10.6 Å². The third-order valence-corrected chi connectivity index (χ3v) is 13.7. The van der Waals surface area contributed by atoms with E-state index in [0.29, 0.717) is 31.2 Å². The fraction of sp³-hybridized carbons (Fsp3) is 0.465. The Morgan fingerprint density at radius 3 is 1.53 bits per heavy atom. The minimum atomic E-state index is -0.747. The van der Waals surface area contributed by atoms with Crippen LogP contribution in [0.25, 0.3) is 33.6 Å². The van der Waals surface area contributed by atoms with E-state index >= 15 is 0 Å². The normalized spacial score (nSPS) is 20.2. The number of nitrogens with zero attached hydrogens (tertiary/aromatic N) is 4. The van der Waals surface area contributed by atoms with Crippen molar-refractivity contribution in [3.05, 3.63) is 72.6 Å². The van der Waals surface area contributed by atoms with Gasteiger partial charge in [-0.25, -0.2) is 19.6 Å². The number of hydrogen-bond donors (Lipinski definition) is 4. The number of imidazole rings is 2. The van der Waals surface area contributed by atoms with Crippen LogP contribution in [0.2, 0.25) is 0 Å². The van der Waals surface area contributed by atoms with Gasteiger partial charge in [0.15, 0.2) is 0 Å². The second-order valence-corrected chi connectivity index (χ2v) is 18.8. The highest BCUT2D eigenvalue weighted by atomic mass is 32.2. The molecule has 14 nitrogen and oxygen atoms in total. The van der Waals surface area contributed by atoms with E-state index in [-0.39, 0.29) is 46.2 Å². The summed E-state index contributed by atoms with van der Waals surface area (Å²) < 4.78 is 9.59. The fourth-order valence-electron chi connectivity index (χ4n) is 7.79. The number of benzene rings is 2. The first-order valence-corrected chi connectivity index (χ1v) is 22.8. The van der Waals surface area contributed by atoms with Crippen LogP contribution in [0, 0.1) is 17.5 Å². The van der Waals surface area contributed by atoms with E-state index in [0.717, 1.165) is 40.1 Å². The molecule has 59 heavy (non-hydrogen) atoms. The van der Waals surface area contributed by atoms with Crippen LogP contribution in [-0.2, 0) is 29.4 Å². The molecular formula is C43H55N8O6S2-. The van der Waals surface area contributed by atoms with Gasteiger partial charge in [-0.05, 0) is 53.2 Å². The van der Waals surface area contributed by atoms with Crippen molar-refractivity contribution in [3.8, 4) is 39.3 Å². The average molecular weight is 844 g/mol. The van der Waals surface area contributed by atoms with Gasteiger partial charge in [0, 0.05) is 18.3 Å². The van der Waals surface area contributed by atoms with Gasteiger partial charge in [-0.15, -0.1) is 11.5 Å². The second kappa shape index (κ2) is 18.8. The Hall–Kier alpha value is -5.18. The number of thioether (sulfide) groups is 1. The quantitative estimate of drug-likeness (QED) is 0.118. The number of amides is 4. The standard InChI is InChI=1S/C43H55N8O6S2/c1-24(2)36(48-42(54)56-5)40(52)50-22-30(58-7)18-34(50)38-44-20-32(46-38)28-14-10-26(11-15-28)27-12-16-29(17-13-27)33-21-45-39(47-33)35-19-31(59(8)9)23-51(35)41(53)37(25(3)4)49-43(55)57-6/h8,10-17,20-21,24-25,30-31,34-37H,18-19,22-23H2,1-7,9H3,(H,44,46)(H,45,47)(H,48,54)(H,49,55)/q-1. The Morgan fingerprint density at radius 2 is 1.14 bits per heavy atom. The summed E-state index contributed by atoms with van der Waals surface area (Å²) in [5, 5.41) is 5.77. The highest BCUT2D eigenvalue weighted by Crippen LogP contribution is 2.38. The summed E-state index contributed by atoms with van der Waals surface area (Å²) in [6, 6.07) is 14.4. The van der Waals surface area contributed by atoms with E-state index < -0.39 is 34.6 Å². The zero-order valence-corrected chi connectivity index (χ0v) is 36.5. The zero-order chi connectivity index (χ0) is 42.5. The second-order valence-electron chi connectivity index (χ2n) is 15.8. The average Bonchev–Trinajstić information content (AvgIpc) is 4.07. The molecule has 2 aliphatic rings. The van der Waals surface area contributed by atoms with Gasteiger partial charge < -0.3 is 55.9 Å². The topological polar surface area (TPSA) is 175 Å². The van der Waals surface area contributed by atoms with E-state index in [1.807, 2.05) is 69.4 Å². The minimum absolute atomic E-state index is 0.103. The molecule has 4 heterocycles. The summed E-state index contributed by atoms with van der Waals surface area (Å²) in [4.78, 5) is 71.9. The van der Waals surface area contributed by atoms with Gasteiger partial charge in [-0.1, -0.05) is 76.2 Å². The van der Waals surface area contributed by atoms with Gasteiger partial charge in [0.2, 0.25) is 11.8 Å². The lowest BCUT2D eigenvalue weighted by molar-refractivity contribution is -0.136. The lowest BCUT2D eigenvalue weighted by atomic mass is 10.0. The number of ether oxygens (including phenoxy) is 2. The molecule has 4 aromatic rings.